The van der Waals surface area contributed by atoms with Crippen molar-refractivity contribution in [2.75, 3.05) is 0 Å². The van der Waals surface area contributed by atoms with Crippen molar-refractivity contribution in [3.63, 3.8) is 0 Å². The van der Waals surface area contributed by atoms with Crippen molar-refractivity contribution >= 4 is 87.2 Å². The van der Waals surface area contributed by atoms with E-state index >= 15 is 4.57 Å². The molecule has 1 aromatic carbocycles. The minimum Gasteiger partial charge on any atom is -0.308 e. The van der Waals surface area contributed by atoms with Crippen LogP contribution in [0.3, 0.4) is 0 Å². The standard InChI is InChI=1S/C30H33OPS4/c1-3-5-7-10-14-20-18-33-27-23-29(35-25(20)27)30-24(32(23,31)22-16-12-9-13-17-22)28-26(36-30)21(19-34-28)15-11-8-6-4-2/h9,12-13,16-19H,3-8,10-11,14-15H2,1-2H3. The quantitative estimate of drug-likeness (QED) is 0.112. The predicted octanol–water partition coefficient (Wildman–Crippen LogP) is 10.1. The second-order valence-electron chi connectivity index (χ2n) is 9.96. The number of benzene rings is 1. The molecule has 0 amide bonds. The van der Waals surface area contributed by atoms with E-state index in [0.717, 1.165) is 28.8 Å². The lowest BCUT2D eigenvalue weighted by molar-refractivity contribution is 0.593. The summed E-state index contributed by atoms with van der Waals surface area (Å²) >= 11 is 7.52. The molecule has 0 fully saturated rings. The topological polar surface area (TPSA) is 17.1 Å². The molecule has 1 aliphatic heterocycles. The molecule has 188 valence electrons. The minimum absolute atomic E-state index is 1.00. The fourth-order valence-corrected chi connectivity index (χ4v) is 16.0. The molecule has 6 rings (SSSR count). The van der Waals surface area contributed by atoms with Crippen LogP contribution in [0.1, 0.15) is 76.3 Å². The zero-order valence-corrected chi connectivity index (χ0v) is 25.3. The van der Waals surface area contributed by atoms with E-state index in [2.05, 4.69) is 48.9 Å². The molecule has 0 N–H and O–H groups in total. The molecule has 5 aromatic rings. The first-order valence-electron chi connectivity index (χ1n) is 13.4. The molecule has 36 heavy (non-hydrogen) atoms. The second-order valence-corrected chi connectivity index (χ2v) is 16.4. The van der Waals surface area contributed by atoms with E-state index in [4.69, 9.17) is 0 Å². The van der Waals surface area contributed by atoms with Crippen LogP contribution in [0, 0.1) is 0 Å². The highest BCUT2D eigenvalue weighted by atomic mass is 32.1. The number of aryl methyl sites for hydroxylation is 2. The summed E-state index contributed by atoms with van der Waals surface area (Å²) in [4.78, 5) is 2.61. The van der Waals surface area contributed by atoms with Crippen molar-refractivity contribution in [1.29, 1.82) is 0 Å². The third-order valence-corrected chi connectivity index (χ3v) is 16.3. The van der Waals surface area contributed by atoms with Gasteiger partial charge in [0.2, 0.25) is 0 Å². The molecule has 6 heteroatoms. The molecule has 0 atom stereocenters. The van der Waals surface area contributed by atoms with Gasteiger partial charge in [0, 0.05) is 14.7 Å². The first-order valence-corrected chi connectivity index (χ1v) is 18.5. The van der Waals surface area contributed by atoms with E-state index < -0.39 is 7.14 Å². The third-order valence-electron chi connectivity index (χ3n) is 7.46. The van der Waals surface area contributed by atoms with Crippen LogP contribution >= 0.6 is 52.5 Å². The van der Waals surface area contributed by atoms with Gasteiger partial charge in [-0.25, -0.2) is 0 Å². The van der Waals surface area contributed by atoms with Crippen molar-refractivity contribution in [2.45, 2.75) is 78.1 Å². The van der Waals surface area contributed by atoms with Gasteiger partial charge in [-0.05, 0) is 47.6 Å². The lowest BCUT2D eigenvalue weighted by atomic mass is 10.1. The van der Waals surface area contributed by atoms with Gasteiger partial charge in [-0.1, -0.05) is 82.7 Å². The highest BCUT2D eigenvalue weighted by Gasteiger charge is 2.47. The second kappa shape index (κ2) is 10.5. The minimum atomic E-state index is -2.90. The molecular weight excluding hydrogens is 536 g/mol. The maximum atomic E-state index is 15.5. The van der Waals surface area contributed by atoms with E-state index in [9.17, 15) is 0 Å². The van der Waals surface area contributed by atoms with Crippen LogP contribution in [0.4, 0.5) is 0 Å². The van der Waals surface area contributed by atoms with Crippen molar-refractivity contribution in [3.8, 4) is 9.75 Å². The molecule has 4 aromatic heterocycles. The highest BCUT2D eigenvalue weighted by Crippen LogP contribution is 2.62. The van der Waals surface area contributed by atoms with Crippen LogP contribution in [0.2, 0.25) is 0 Å². The Balaban J connectivity index is 1.49. The smallest absolute Gasteiger partial charge is 0.176 e. The Kier molecular flexibility index (Phi) is 7.31. The maximum Gasteiger partial charge on any atom is 0.176 e. The average molecular weight is 569 g/mol. The number of thiophene rings is 4. The summed E-state index contributed by atoms with van der Waals surface area (Å²) in [7, 11) is -2.90. The van der Waals surface area contributed by atoms with Gasteiger partial charge < -0.3 is 4.57 Å². The number of hydrogen-bond donors (Lipinski definition) is 0. The van der Waals surface area contributed by atoms with Crippen molar-refractivity contribution < 1.29 is 4.57 Å². The summed E-state index contributed by atoms with van der Waals surface area (Å²) in [5, 5.41) is 8.01. The Morgan fingerprint density at radius 2 is 1.14 bits per heavy atom. The molecular formula is C30H33OPS4. The predicted molar refractivity (Wildman–Crippen MR) is 167 cm³/mol. The first kappa shape index (κ1) is 25.1. The molecule has 1 nitrogen and oxygen atoms in total. The van der Waals surface area contributed by atoms with Crippen LogP contribution in [0.25, 0.3) is 28.6 Å². The normalized spacial score (nSPS) is 14.2. The van der Waals surface area contributed by atoms with E-state index in [0.29, 0.717) is 0 Å². The van der Waals surface area contributed by atoms with Gasteiger partial charge in [0.15, 0.2) is 7.14 Å². The Labute approximate surface area is 230 Å². The van der Waals surface area contributed by atoms with E-state index in [1.54, 1.807) is 0 Å². The zero-order valence-electron chi connectivity index (χ0n) is 21.1. The summed E-state index contributed by atoms with van der Waals surface area (Å²) in [5.74, 6) is 0. The Hall–Kier alpha value is -1.23. The fourth-order valence-electron chi connectivity index (χ4n) is 5.54. The number of hydrogen-bond acceptors (Lipinski definition) is 5. The van der Waals surface area contributed by atoms with Crippen LogP contribution < -0.4 is 15.9 Å². The SMILES string of the molecule is CCCCCCc1csc2c3c(sc12)-c1sc2c(CCCCCC)csc2c1P3(=O)c1ccccc1. The van der Waals surface area contributed by atoms with Crippen LogP contribution in [-0.4, -0.2) is 0 Å². The van der Waals surface area contributed by atoms with Gasteiger partial charge in [-0.15, -0.1) is 45.3 Å². The molecule has 1 aliphatic rings. The molecule has 0 spiro atoms. The summed E-state index contributed by atoms with van der Waals surface area (Å²) in [5.41, 5.74) is 2.95. The summed E-state index contributed by atoms with van der Waals surface area (Å²) in [6.07, 6.45) is 12.5. The Morgan fingerprint density at radius 3 is 1.61 bits per heavy atom. The summed E-state index contributed by atoms with van der Waals surface area (Å²) in [6.45, 7) is 4.54. The van der Waals surface area contributed by atoms with Crippen molar-refractivity contribution in [1.82, 2.24) is 0 Å². The first-order chi connectivity index (χ1) is 17.7. The van der Waals surface area contributed by atoms with Gasteiger partial charge >= 0.3 is 0 Å². The van der Waals surface area contributed by atoms with E-state index in [1.807, 2.05) is 51.4 Å². The molecule has 0 unspecified atom stereocenters. The lowest BCUT2D eigenvalue weighted by Gasteiger charge is -2.14. The van der Waals surface area contributed by atoms with Gasteiger partial charge in [0.05, 0.1) is 29.8 Å². The number of fused-ring (bicyclic) bond motifs is 7. The largest absolute Gasteiger partial charge is 0.308 e. The van der Waals surface area contributed by atoms with E-state index in [1.165, 1.54) is 91.0 Å². The molecule has 5 heterocycles. The zero-order chi connectivity index (χ0) is 24.7. The van der Waals surface area contributed by atoms with E-state index in [-0.39, 0.29) is 0 Å². The van der Waals surface area contributed by atoms with Gasteiger partial charge in [0.25, 0.3) is 0 Å². The molecule has 0 saturated carbocycles. The number of unbranched alkanes of at least 4 members (excludes halogenated alkanes) is 6. The van der Waals surface area contributed by atoms with Crippen LogP contribution in [-0.2, 0) is 17.4 Å². The molecule has 0 bridgehead atoms. The summed E-state index contributed by atoms with van der Waals surface area (Å²) < 4.78 is 20.8. The Morgan fingerprint density at radius 1 is 0.639 bits per heavy atom. The molecule has 0 saturated heterocycles. The summed E-state index contributed by atoms with van der Waals surface area (Å²) in [6, 6.07) is 10.4. The van der Waals surface area contributed by atoms with Gasteiger partial charge in [-0.3, -0.25) is 0 Å². The molecule has 0 radical (unpaired) electrons. The Bertz CT molecular complexity index is 1450. The third kappa shape index (κ3) is 4.01. The fraction of sp³-hybridized carbons (Fsp3) is 0.400. The highest BCUT2D eigenvalue weighted by molar-refractivity contribution is 7.89. The average Bonchev–Trinajstić information content (AvgIpc) is 3.67. The number of rotatable bonds is 11. The molecule has 0 aliphatic carbocycles. The van der Waals surface area contributed by atoms with Gasteiger partial charge in [-0.2, -0.15) is 0 Å². The van der Waals surface area contributed by atoms with Crippen LogP contribution in [0.15, 0.2) is 41.1 Å². The van der Waals surface area contributed by atoms with Crippen molar-refractivity contribution in [2.24, 2.45) is 0 Å². The monoisotopic (exact) mass is 568 g/mol. The van der Waals surface area contributed by atoms with Crippen LogP contribution in [0.5, 0.6) is 0 Å². The van der Waals surface area contributed by atoms with Gasteiger partial charge in [0.1, 0.15) is 0 Å². The lowest BCUT2D eigenvalue weighted by Crippen LogP contribution is -2.20. The van der Waals surface area contributed by atoms with Crippen molar-refractivity contribution in [3.05, 3.63) is 52.2 Å². The maximum absolute atomic E-state index is 15.5.